The van der Waals surface area contributed by atoms with Gasteiger partial charge in [0, 0.05) is 18.8 Å². The van der Waals surface area contributed by atoms with Gasteiger partial charge in [0.15, 0.2) is 0 Å². The molecule has 0 saturated heterocycles. The molecule has 6 nitrogen and oxygen atoms in total. The number of rotatable bonds is 4. The molecule has 0 radical (unpaired) electrons. The molecule has 1 amide bonds. The van der Waals surface area contributed by atoms with E-state index in [9.17, 15) is 4.79 Å². The molecule has 0 aromatic carbocycles. The molecular weight excluding hydrogens is 298 g/mol. The molecule has 0 saturated carbocycles. The predicted molar refractivity (Wildman–Crippen MR) is 71.2 cm³/mol. The first-order valence-electron chi connectivity index (χ1n) is 5.30. The molecule has 7 heteroatoms. The minimum atomic E-state index is -0.136. The second-order valence-electron chi connectivity index (χ2n) is 3.56. The summed E-state index contributed by atoms with van der Waals surface area (Å²) in [6.07, 6.45) is 3.28. The van der Waals surface area contributed by atoms with Crippen molar-refractivity contribution in [3.05, 3.63) is 40.3 Å². The quantitative estimate of drug-likeness (QED) is 0.800. The number of pyridine rings is 1. The molecule has 0 aliphatic carbocycles. The Balaban J connectivity index is 2.06. The Morgan fingerprint density at radius 2 is 2.39 bits per heavy atom. The van der Waals surface area contributed by atoms with Gasteiger partial charge in [0.2, 0.25) is 0 Å². The van der Waals surface area contributed by atoms with Gasteiger partial charge in [-0.05, 0) is 28.1 Å². The Labute approximate surface area is 112 Å². The number of carbonyl (C=O) groups is 1. The van der Waals surface area contributed by atoms with Crippen molar-refractivity contribution < 1.29 is 4.79 Å². The van der Waals surface area contributed by atoms with Gasteiger partial charge >= 0.3 is 0 Å². The summed E-state index contributed by atoms with van der Waals surface area (Å²) in [6.45, 7) is 0.546. The summed E-state index contributed by atoms with van der Waals surface area (Å²) < 4.78 is 0.900. The van der Waals surface area contributed by atoms with Crippen LogP contribution in [0.15, 0.2) is 29.0 Å². The molecular formula is C11H12BrN5O. The summed E-state index contributed by atoms with van der Waals surface area (Å²) in [4.78, 5) is 15.6. The fourth-order valence-electron chi connectivity index (χ4n) is 1.41. The maximum atomic E-state index is 11.5. The van der Waals surface area contributed by atoms with Gasteiger partial charge in [-0.2, -0.15) is 5.10 Å². The van der Waals surface area contributed by atoms with Crippen LogP contribution in [0, 0.1) is 0 Å². The SMILES string of the molecule is CNC(=O)c1ccnc(NCc2[nH]ncc2Br)c1. The molecule has 0 aliphatic rings. The van der Waals surface area contributed by atoms with Gasteiger partial charge in [-0.25, -0.2) is 4.98 Å². The van der Waals surface area contributed by atoms with Crippen LogP contribution in [0.1, 0.15) is 16.1 Å². The summed E-state index contributed by atoms with van der Waals surface area (Å²) in [5.41, 5.74) is 1.49. The second kappa shape index (κ2) is 5.63. The van der Waals surface area contributed by atoms with Crippen molar-refractivity contribution in [3.8, 4) is 0 Å². The first kappa shape index (κ1) is 12.6. The number of anilines is 1. The van der Waals surface area contributed by atoms with Gasteiger partial charge in [0.05, 0.1) is 22.9 Å². The molecule has 0 spiro atoms. The molecule has 3 N–H and O–H groups in total. The number of hydrogen-bond donors (Lipinski definition) is 3. The fourth-order valence-corrected chi connectivity index (χ4v) is 1.75. The molecule has 0 unspecified atom stereocenters. The van der Waals surface area contributed by atoms with Gasteiger partial charge in [-0.3, -0.25) is 9.89 Å². The van der Waals surface area contributed by atoms with E-state index in [2.05, 4.69) is 41.7 Å². The highest BCUT2D eigenvalue weighted by Gasteiger charge is 2.05. The lowest BCUT2D eigenvalue weighted by Gasteiger charge is -2.06. The van der Waals surface area contributed by atoms with Crippen LogP contribution >= 0.6 is 15.9 Å². The molecule has 2 rings (SSSR count). The van der Waals surface area contributed by atoms with Crippen molar-refractivity contribution in [3.63, 3.8) is 0 Å². The average molecular weight is 310 g/mol. The summed E-state index contributed by atoms with van der Waals surface area (Å²) >= 11 is 3.37. The van der Waals surface area contributed by atoms with Gasteiger partial charge in [0.25, 0.3) is 5.91 Å². The van der Waals surface area contributed by atoms with Crippen molar-refractivity contribution in [2.45, 2.75) is 6.54 Å². The maximum Gasteiger partial charge on any atom is 0.251 e. The summed E-state index contributed by atoms with van der Waals surface area (Å²) in [5.74, 6) is 0.501. The smallest absolute Gasteiger partial charge is 0.251 e. The minimum Gasteiger partial charge on any atom is -0.364 e. The van der Waals surface area contributed by atoms with E-state index in [0.717, 1.165) is 10.2 Å². The Bertz CT molecular complexity index is 554. The van der Waals surface area contributed by atoms with Crippen LogP contribution in [0.3, 0.4) is 0 Å². The highest BCUT2D eigenvalue weighted by atomic mass is 79.9. The zero-order chi connectivity index (χ0) is 13.0. The average Bonchev–Trinajstić information content (AvgIpc) is 2.81. The highest BCUT2D eigenvalue weighted by molar-refractivity contribution is 9.10. The first-order chi connectivity index (χ1) is 8.70. The number of H-pyrrole nitrogens is 1. The molecule has 0 fully saturated rings. The topological polar surface area (TPSA) is 82.7 Å². The lowest BCUT2D eigenvalue weighted by molar-refractivity contribution is 0.0963. The first-order valence-corrected chi connectivity index (χ1v) is 6.09. The van der Waals surface area contributed by atoms with E-state index < -0.39 is 0 Å². The molecule has 18 heavy (non-hydrogen) atoms. The Kier molecular flexibility index (Phi) is 3.93. The highest BCUT2D eigenvalue weighted by Crippen LogP contribution is 2.14. The van der Waals surface area contributed by atoms with Gasteiger partial charge < -0.3 is 10.6 Å². The normalized spacial score (nSPS) is 10.1. The van der Waals surface area contributed by atoms with Crippen LogP contribution in [-0.4, -0.2) is 28.1 Å². The molecule has 2 heterocycles. The number of amides is 1. The molecule has 2 aromatic rings. The van der Waals surface area contributed by atoms with E-state index in [-0.39, 0.29) is 5.91 Å². The molecule has 0 atom stereocenters. The number of hydrogen-bond acceptors (Lipinski definition) is 4. The number of aromatic amines is 1. The zero-order valence-electron chi connectivity index (χ0n) is 9.70. The molecule has 94 valence electrons. The third-order valence-electron chi connectivity index (χ3n) is 2.36. The van der Waals surface area contributed by atoms with E-state index in [1.165, 1.54) is 0 Å². The fraction of sp³-hybridized carbons (Fsp3) is 0.182. The minimum absolute atomic E-state index is 0.136. The van der Waals surface area contributed by atoms with Gasteiger partial charge in [-0.15, -0.1) is 0 Å². The van der Waals surface area contributed by atoms with Crippen molar-refractivity contribution in [2.24, 2.45) is 0 Å². The predicted octanol–water partition coefficient (Wildman–Crippen LogP) is 1.54. The number of aromatic nitrogens is 3. The third kappa shape index (κ3) is 2.86. The van der Waals surface area contributed by atoms with Crippen LogP contribution in [0.4, 0.5) is 5.82 Å². The van der Waals surface area contributed by atoms with Gasteiger partial charge in [0.1, 0.15) is 5.82 Å². The monoisotopic (exact) mass is 309 g/mol. The van der Waals surface area contributed by atoms with Crippen molar-refractivity contribution in [2.75, 3.05) is 12.4 Å². The number of carbonyl (C=O) groups excluding carboxylic acids is 1. The van der Waals surface area contributed by atoms with Crippen molar-refractivity contribution in [1.82, 2.24) is 20.5 Å². The van der Waals surface area contributed by atoms with E-state index >= 15 is 0 Å². The lowest BCUT2D eigenvalue weighted by atomic mass is 10.2. The van der Waals surface area contributed by atoms with E-state index in [1.54, 1.807) is 31.6 Å². The standard InChI is InChI=1S/C11H12BrN5O/c1-13-11(18)7-2-3-14-10(4-7)15-6-9-8(12)5-16-17-9/h2-5H,6H2,1H3,(H,13,18)(H,14,15)(H,16,17). The van der Waals surface area contributed by atoms with Crippen LogP contribution < -0.4 is 10.6 Å². The van der Waals surface area contributed by atoms with Crippen molar-refractivity contribution >= 4 is 27.7 Å². The Morgan fingerprint density at radius 3 is 3.06 bits per heavy atom. The lowest BCUT2D eigenvalue weighted by Crippen LogP contribution is -2.18. The number of halogens is 1. The van der Waals surface area contributed by atoms with Crippen LogP contribution in [0.5, 0.6) is 0 Å². The van der Waals surface area contributed by atoms with Crippen LogP contribution in [0.25, 0.3) is 0 Å². The third-order valence-corrected chi connectivity index (χ3v) is 3.04. The molecule has 0 bridgehead atoms. The van der Waals surface area contributed by atoms with E-state index in [4.69, 9.17) is 0 Å². The zero-order valence-corrected chi connectivity index (χ0v) is 11.3. The largest absolute Gasteiger partial charge is 0.364 e. The maximum absolute atomic E-state index is 11.5. The van der Waals surface area contributed by atoms with E-state index in [0.29, 0.717) is 17.9 Å². The Hall–Kier alpha value is -1.89. The number of nitrogens with one attached hydrogen (secondary N) is 3. The second-order valence-corrected chi connectivity index (χ2v) is 4.41. The molecule has 2 aromatic heterocycles. The van der Waals surface area contributed by atoms with Crippen LogP contribution in [0.2, 0.25) is 0 Å². The summed E-state index contributed by atoms with van der Waals surface area (Å²) in [5, 5.41) is 12.4. The van der Waals surface area contributed by atoms with Gasteiger partial charge in [-0.1, -0.05) is 0 Å². The number of nitrogens with zero attached hydrogens (tertiary/aromatic N) is 2. The summed E-state index contributed by atoms with van der Waals surface area (Å²) in [6, 6.07) is 3.36. The molecule has 0 aliphatic heterocycles. The van der Waals surface area contributed by atoms with E-state index in [1.807, 2.05) is 0 Å². The summed E-state index contributed by atoms with van der Waals surface area (Å²) in [7, 11) is 1.59. The Morgan fingerprint density at radius 1 is 1.56 bits per heavy atom. The van der Waals surface area contributed by atoms with Crippen molar-refractivity contribution in [1.29, 1.82) is 0 Å². The van der Waals surface area contributed by atoms with Crippen LogP contribution in [-0.2, 0) is 6.54 Å².